The van der Waals surface area contributed by atoms with Crippen molar-refractivity contribution < 1.29 is 4.42 Å². The first-order valence-electron chi connectivity index (χ1n) is 5.20. The lowest BCUT2D eigenvalue weighted by atomic mass is 9.97. The molecule has 1 aromatic carbocycles. The van der Waals surface area contributed by atoms with Gasteiger partial charge in [0.1, 0.15) is 5.69 Å². The second-order valence-electron chi connectivity index (χ2n) is 4.04. The fourth-order valence-electron chi connectivity index (χ4n) is 2.11. The van der Waals surface area contributed by atoms with Gasteiger partial charge in [-0.05, 0) is 31.9 Å². The molecular weight excluding hydrogens is 222 g/mol. The normalized spacial score (nSPS) is 10.8. The van der Waals surface area contributed by atoms with Crippen molar-refractivity contribution >= 4 is 11.6 Å². The van der Waals surface area contributed by atoms with Gasteiger partial charge in [0.25, 0.3) is 0 Å². The van der Waals surface area contributed by atoms with Crippen molar-refractivity contribution in [3.63, 3.8) is 0 Å². The summed E-state index contributed by atoms with van der Waals surface area (Å²) in [4.78, 5) is 4.12. The van der Waals surface area contributed by atoms with Gasteiger partial charge in [-0.1, -0.05) is 17.7 Å². The smallest absolute Gasteiger partial charge is 0.181 e. The predicted molar refractivity (Wildman–Crippen MR) is 65.7 cm³/mol. The van der Waals surface area contributed by atoms with E-state index >= 15 is 0 Å². The van der Waals surface area contributed by atoms with E-state index in [1.54, 1.807) is 0 Å². The number of hydrogen-bond donors (Lipinski definition) is 0. The first-order valence-corrected chi connectivity index (χ1v) is 5.73. The van der Waals surface area contributed by atoms with Crippen LogP contribution in [0.4, 0.5) is 0 Å². The highest BCUT2D eigenvalue weighted by molar-refractivity contribution is 6.17. The van der Waals surface area contributed by atoms with Crippen molar-refractivity contribution in [3.8, 4) is 11.3 Å². The Morgan fingerprint density at radius 2 is 1.81 bits per heavy atom. The lowest BCUT2D eigenvalue weighted by molar-refractivity contribution is 0.570. The molecule has 3 heteroatoms. The van der Waals surface area contributed by atoms with Gasteiger partial charge in [0.15, 0.2) is 12.2 Å². The van der Waals surface area contributed by atoms with Gasteiger partial charge in [-0.3, -0.25) is 0 Å². The van der Waals surface area contributed by atoms with Gasteiger partial charge in [-0.25, -0.2) is 4.98 Å². The third kappa shape index (κ3) is 1.85. The fourth-order valence-corrected chi connectivity index (χ4v) is 2.30. The lowest BCUT2D eigenvalue weighted by Gasteiger charge is -2.09. The molecule has 0 unspecified atom stereocenters. The van der Waals surface area contributed by atoms with E-state index in [0.717, 1.165) is 17.0 Å². The summed E-state index contributed by atoms with van der Waals surface area (Å²) >= 11 is 5.84. The van der Waals surface area contributed by atoms with Gasteiger partial charge in [-0.2, -0.15) is 0 Å². The molecule has 0 N–H and O–H groups in total. The summed E-state index contributed by atoms with van der Waals surface area (Å²) in [6.45, 7) is 6.25. The lowest BCUT2D eigenvalue weighted by Crippen LogP contribution is -1.91. The molecule has 1 aromatic heterocycles. The Kier molecular flexibility index (Phi) is 3.01. The topological polar surface area (TPSA) is 26.0 Å². The van der Waals surface area contributed by atoms with Crippen LogP contribution >= 0.6 is 11.6 Å². The average Bonchev–Trinajstić information content (AvgIpc) is 2.64. The fraction of sp³-hybridized carbons (Fsp3) is 0.308. The van der Waals surface area contributed by atoms with Gasteiger partial charge >= 0.3 is 0 Å². The average molecular weight is 236 g/mol. The monoisotopic (exact) mass is 235 g/mol. The van der Waals surface area contributed by atoms with Gasteiger partial charge in [-0.15, -0.1) is 11.6 Å². The maximum absolute atomic E-state index is 5.84. The Morgan fingerprint density at radius 1 is 1.19 bits per heavy atom. The quantitative estimate of drug-likeness (QED) is 0.736. The molecule has 0 fully saturated rings. The molecule has 2 aromatic rings. The molecule has 0 bridgehead atoms. The molecule has 0 aliphatic rings. The van der Waals surface area contributed by atoms with E-state index in [4.69, 9.17) is 16.0 Å². The highest BCUT2D eigenvalue weighted by Crippen LogP contribution is 2.31. The van der Waals surface area contributed by atoms with E-state index in [1.165, 1.54) is 23.1 Å². The number of nitrogens with zero attached hydrogens (tertiary/aromatic N) is 1. The van der Waals surface area contributed by atoms with Crippen LogP contribution in [-0.4, -0.2) is 4.98 Å². The first kappa shape index (κ1) is 11.2. The second kappa shape index (κ2) is 4.30. The van der Waals surface area contributed by atoms with Crippen LogP contribution in [-0.2, 0) is 5.88 Å². The van der Waals surface area contributed by atoms with Gasteiger partial charge in [0, 0.05) is 5.56 Å². The summed E-state index contributed by atoms with van der Waals surface area (Å²) in [5.41, 5.74) is 5.56. The van der Waals surface area contributed by atoms with Crippen LogP contribution in [0.5, 0.6) is 0 Å². The number of aryl methyl sites for hydroxylation is 3. The van der Waals surface area contributed by atoms with Crippen molar-refractivity contribution in [2.24, 2.45) is 0 Å². The molecule has 0 aliphatic carbocycles. The number of halogens is 1. The number of rotatable bonds is 2. The highest BCUT2D eigenvalue weighted by atomic mass is 35.5. The van der Waals surface area contributed by atoms with Gasteiger partial charge < -0.3 is 4.42 Å². The van der Waals surface area contributed by atoms with Crippen LogP contribution in [0.1, 0.15) is 22.4 Å². The molecule has 0 saturated heterocycles. The Hall–Kier alpha value is -1.28. The standard InChI is InChI=1S/C13H14ClNO/c1-8-4-9(2)12(10(3)5-8)13-11(6-14)15-7-16-13/h4-5,7H,6H2,1-3H3. The number of oxazole rings is 1. The Balaban J connectivity index is 2.64. The number of aromatic nitrogens is 1. The minimum atomic E-state index is 0.374. The zero-order valence-corrected chi connectivity index (χ0v) is 10.4. The summed E-state index contributed by atoms with van der Waals surface area (Å²) in [5, 5.41) is 0. The molecule has 0 radical (unpaired) electrons. The molecule has 2 rings (SSSR count). The van der Waals surface area contributed by atoms with E-state index in [0.29, 0.717) is 5.88 Å². The van der Waals surface area contributed by atoms with Crippen LogP contribution in [0, 0.1) is 20.8 Å². The van der Waals surface area contributed by atoms with E-state index in [2.05, 4.69) is 37.9 Å². The third-order valence-electron chi connectivity index (χ3n) is 2.67. The van der Waals surface area contributed by atoms with Gasteiger partial charge in [0.2, 0.25) is 0 Å². The maximum Gasteiger partial charge on any atom is 0.181 e. The summed E-state index contributed by atoms with van der Waals surface area (Å²) in [6, 6.07) is 4.28. The summed E-state index contributed by atoms with van der Waals surface area (Å²) in [7, 11) is 0. The summed E-state index contributed by atoms with van der Waals surface area (Å²) < 4.78 is 5.45. The summed E-state index contributed by atoms with van der Waals surface area (Å²) in [5.74, 6) is 1.17. The van der Waals surface area contributed by atoms with Crippen LogP contribution < -0.4 is 0 Å². The van der Waals surface area contributed by atoms with E-state index in [-0.39, 0.29) is 0 Å². The molecule has 0 atom stereocenters. The molecule has 0 saturated carbocycles. The largest absolute Gasteiger partial charge is 0.443 e. The van der Waals surface area contributed by atoms with Crippen molar-refractivity contribution in [3.05, 3.63) is 40.9 Å². The maximum atomic E-state index is 5.84. The summed E-state index contributed by atoms with van der Waals surface area (Å²) in [6.07, 6.45) is 1.45. The van der Waals surface area contributed by atoms with Crippen LogP contribution in [0.15, 0.2) is 22.9 Å². The highest BCUT2D eigenvalue weighted by Gasteiger charge is 2.14. The molecule has 1 heterocycles. The van der Waals surface area contributed by atoms with Gasteiger partial charge in [0.05, 0.1) is 5.88 Å². The third-order valence-corrected chi connectivity index (χ3v) is 2.93. The molecule has 0 spiro atoms. The SMILES string of the molecule is Cc1cc(C)c(-c2ocnc2CCl)c(C)c1. The number of benzene rings is 1. The van der Waals surface area contributed by atoms with Crippen molar-refractivity contribution in [2.75, 3.05) is 0 Å². The van der Waals surface area contributed by atoms with E-state index in [1.807, 2.05) is 0 Å². The zero-order valence-electron chi connectivity index (χ0n) is 9.67. The number of alkyl halides is 1. The zero-order chi connectivity index (χ0) is 11.7. The molecule has 0 amide bonds. The Morgan fingerprint density at radius 3 is 2.38 bits per heavy atom. The van der Waals surface area contributed by atoms with Crippen LogP contribution in [0.2, 0.25) is 0 Å². The Labute approximate surface area is 100 Å². The number of hydrogen-bond acceptors (Lipinski definition) is 2. The Bertz CT molecular complexity index is 493. The minimum absolute atomic E-state index is 0.374. The predicted octanol–water partition coefficient (Wildman–Crippen LogP) is 4.01. The minimum Gasteiger partial charge on any atom is -0.443 e. The molecule has 0 aliphatic heterocycles. The van der Waals surface area contributed by atoms with Crippen LogP contribution in [0.3, 0.4) is 0 Å². The van der Waals surface area contributed by atoms with E-state index < -0.39 is 0 Å². The molecule has 2 nitrogen and oxygen atoms in total. The molecule has 16 heavy (non-hydrogen) atoms. The van der Waals surface area contributed by atoms with Crippen LogP contribution in [0.25, 0.3) is 11.3 Å². The molecule has 84 valence electrons. The second-order valence-corrected chi connectivity index (χ2v) is 4.30. The van der Waals surface area contributed by atoms with Crippen molar-refractivity contribution in [2.45, 2.75) is 26.7 Å². The molecular formula is C13H14ClNO. The first-order chi connectivity index (χ1) is 7.63. The van der Waals surface area contributed by atoms with E-state index in [9.17, 15) is 0 Å². The van der Waals surface area contributed by atoms with Crippen molar-refractivity contribution in [1.29, 1.82) is 0 Å². The van der Waals surface area contributed by atoms with Crippen molar-refractivity contribution in [1.82, 2.24) is 4.98 Å².